The summed E-state index contributed by atoms with van der Waals surface area (Å²) in [6, 6.07) is 5.35. The third-order valence-electron chi connectivity index (χ3n) is 4.28. The van der Waals surface area contributed by atoms with Crippen molar-refractivity contribution in [1.82, 2.24) is 4.90 Å². The fourth-order valence-corrected chi connectivity index (χ4v) is 2.90. The summed E-state index contributed by atoms with van der Waals surface area (Å²) >= 11 is 0. The first-order valence-corrected chi connectivity index (χ1v) is 7.44. The van der Waals surface area contributed by atoms with Crippen LogP contribution in [0.15, 0.2) is 29.3 Å². The highest BCUT2D eigenvalue weighted by Crippen LogP contribution is 2.36. The summed E-state index contributed by atoms with van der Waals surface area (Å²) in [5, 5.41) is 0. The molecule has 1 saturated heterocycles. The number of benzene rings is 1. The van der Waals surface area contributed by atoms with Gasteiger partial charge in [-0.05, 0) is 43.9 Å². The lowest BCUT2D eigenvalue weighted by atomic mass is 10.0. The zero-order valence-corrected chi connectivity index (χ0v) is 12.6. The summed E-state index contributed by atoms with van der Waals surface area (Å²) in [6.45, 7) is 1.65. The van der Waals surface area contributed by atoms with Crippen LogP contribution in [0.1, 0.15) is 36.0 Å². The molecule has 2 fully saturated rings. The quantitative estimate of drug-likeness (QED) is 0.802. The van der Waals surface area contributed by atoms with Crippen LogP contribution in [-0.2, 0) is 0 Å². The topological polar surface area (TPSA) is 38.8 Å². The number of hydrogen-bond acceptors (Lipinski definition) is 3. The third kappa shape index (κ3) is 2.89. The molecule has 0 unspecified atom stereocenters. The molecule has 0 aromatic heterocycles. The van der Waals surface area contributed by atoms with Crippen molar-refractivity contribution in [2.75, 3.05) is 27.3 Å². The molecule has 0 radical (unpaired) electrons. The molecular weight excluding hydrogens is 266 g/mol. The van der Waals surface area contributed by atoms with Crippen molar-refractivity contribution >= 4 is 5.91 Å². The van der Waals surface area contributed by atoms with Crippen LogP contribution in [0, 0.1) is 0 Å². The summed E-state index contributed by atoms with van der Waals surface area (Å²) in [7, 11) is 3.18. The number of methoxy groups -OCH3 is 2. The van der Waals surface area contributed by atoms with Crippen molar-refractivity contribution in [3.8, 4) is 11.5 Å². The largest absolute Gasteiger partial charge is 0.493 e. The lowest BCUT2D eigenvalue weighted by Gasteiger charge is -2.28. The highest BCUT2D eigenvalue weighted by Gasteiger charge is 2.25. The van der Waals surface area contributed by atoms with Gasteiger partial charge >= 0.3 is 0 Å². The number of amides is 1. The number of ether oxygens (including phenoxy) is 2. The zero-order chi connectivity index (χ0) is 14.8. The number of likely N-dealkylation sites (tertiary alicyclic amines) is 1. The maximum Gasteiger partial charge on any atom is 0.254 e. The second kappa shape index (κ2) is 5.80. The Morgan fingerprint density at radius 2 is 1.57 bits per heavy atom. The van der Waals surface area contributed by atoms with Crippen LogP contribution in [0.25, 0.3) is 0 Å². The minimum Gasteiger partial charge on any atom is -0.493 e. The van der Waals surface area contributed by atoms with Gasteiger partial charge in [-0.25, -0.2) is 0 Å². The fourth-order valence-electron chi connectivity index (χ4n) is 2.90. The summed E-state index contributed by atoms with van der Waals surface area (Å²) in [5.74, 6) is 1.32. The predicted molar refractivity (Wildman–Crippen MR) is 80.9 cm³/mol. The summed E-state index contributed by atoms with van der Waals surface area (Å²) < 4.78 is 10.5. The average Bonchev–Trinajstić information content (AvgIpc) is 3.38. The molecule has 1 amide bonds. The summed E-state index contributed by atoms with van der Waals surface area (Å²) in [4.78, 5) is 14.5. The molecule has 112 valence electrons. The van der Waals surface area contributed by atoms with E-state index in [1.165, 1.54) is 12.8 Å². The molecule has 1 aromatic carbocycles. The highest BCUT2D eigenvalue weighted by molar-refractivity contribution is 5.95. The van der Waals surface area contributed by atoms with Gasteiger partial charge in [0.1, 0.15) is 0 Å². The fraction of sp³-hybridized carbons (Fsp3) is 0.471. The van der Waals surface area contributed by atoms with Crippen molar-refractivity contribution < 1.29 is 14.3 Å². The first-order valence-electron chi connectivity index (χ1n) is 7.44. The molecule has 1 aliphatic heterocycles. The number of hydrogen-bond donors (Lipinski definition) is 0. The van der Waals surface area contributed by atoms with Crippen LogP contribution >= 0.6 is 0 Å². The molecule has 2 aliphatic rings. The lowest BCUT2D eigenvalue weighted by molar-refractivity contribution is 0.0743. The van der Waals surface area contributed by atoms with Gasteiger partial charge in [0.15, 0.2) is 11.5 Å². The van der Waals surface area contributed by atoms with Gasteiger partial charge in [-0.1, -0.05) is 11.1 Å². The molecule has 3 rings (SSSR count). The maximum absolute atomic E-state index is 12.6. The van der Waals surface area contributed by atoms with E-state index in [2.05, 4.69) is 0 Å². The monoisotopic (exact) mass is 287 g/mol. The van der Waals surface area contributed by atoms with E-state index in [9.17, 15) is 4.79 Å². The van der Waals surface area contributed by atoms with Crippen molar-refractivity contribution in [1.29, 1.82) is 0 Å². The van der Waals surface area contributed by atoms with Crippen LogP contribution in [0.4, 0.5) is 0 Å². The Balaban J connectivity index is 1.72. The summed E-state index contributed by atoms with van der Waals surface area (Å²) in [5.41, 5.74) is 3.88. The van der Waals surface area contributed by atoms with Crippen molar-refractivity contribution in [2.45, 2.75) is 25.7 Å². The number of allylic oxidation sites excluding steroid dienone is 1. The first kappa shape index (κ1) is 14.0. The SMILES string of the molecule is COc1ccc(C(=O)N2CCC(=C3CC3)CC2)cc1OC. The van der Waals surface area contributed by atoms with Crippen molar-refractivity contribution in [2.24, 2.45) is 0 Å². The van der Waals surface area contributed by atoms with Crippen molar-refractivity contribution in [3.63, 3.8) is 0 Å². The molecule has 0 bridgehead atoms. The van der Waals surface area contributed by atoms with Gasteiger partial charge < -0.3 is 14.4 Å². The average molecular weight is 287 g/mol. The molecule has 1 saturated carbocycles. The number of carbonyl (C=O) groups is 1. The van der Waals surface area contributed by atoms with E-state index >= 15 is 0 Å². The number of nitrogens with zero attached hydrogens (tertiary/aromatic N) is 1. The molecule has 1 heterocycles. The second-order valence-electron chi connectivity index (χ2n) is 5.57. The van der Waals surface area contributed by atoms with Crippen LogP contribution in [0.3, 0.4) is 0 Å². The Labute approximate surface area is 125 Å². The van der Waals surface area contributed by atoms with E-state index in [1.807, 2.05) is 4.90 Å². The predicted octanol–water partition coefficient (Wildman–Crippen LogP) is 3.03. The van der Waals surface area contributed by atoms with E-state index in [0.717, 1.165) is 25.9 Å². The van der Waals surface area contributed by atoms with E-state index in [0.29, 0.717) is 17.1 Å². The van der Waals surface area contributed by atoms with E-state index in [1.54, 1.807) is 43.6 Å². The Hall–Kier alpha value is -1.97. The molecular formula is C17H21NO3. The number of carbonyl (C=O) groups excluding carboxylic acids is 1. The molecule has 4 nitrogen and oxygen atoms in total. The number of piperidine rings is 1. The van der Waals surface area contributed by atoms with Gasteiger partial charge in [-0.15, -0.1) is 0 Å². The third-order valence-corrected chi connectivity index (χ3v) is 4.28. The van der Waals surface area contributed by atoms with E-state index in [-0.39, 0.29) is 5.91 Å². The van der Waals surface area contributed by atoms with Gasteiger partial charge in [-0.3, -0.25) is 4.79 Å². The van der Waals surface area contributed by atoms with Gasteiger partial charge in [-0.2, -0.15) is 0 Å². The number of rotatable bonds is 3. The van der Waals surface area contributed by atoms with Gasteiger partial charge in [0, 0.05) is 18.7 Å². The zero-order valence-electron chi connectivity index (χ0n) is 12.6. The first-order chi connectivity index (χ1) is 10.2. The van der Waals surface area contributed by atoms with E-state index < -0.39 is 0 Å². The van der Waals surface area contributed by atoms with Gasteiger partial charge in [0.2, 0.25) is 0 Å². The lowest BCUT2D eigenvalue weighted by Crippen LogP contribution is -2.36. The summed E-state index contributed by atoms with van der Waals surface area (Å²) in [6.07, 6.45) is 4.63. The van der Waals surface area contributed by atoms with Crippen LogP contribution in [0.5, 0.6) is 11.5 Å². The minimum absolute atomic E-state index is 0.0794. The molecule has 0 atom stereocenters. The molecule has 21 heavy (non-hydrogen) atoms. The van der Waals surface area contributed by atoms with Gasteiger partial charge in [0.25, 0.3) is 5.91 Å². The Bertz CT molecular complexity index is 576. The molecule has 0 N–H and O–H groups in total. The van der Waals surface area contributed by atoms with Gasteiger partial charge in [0.05, 0.1) is 14.2 Å². The van der Waals surface area contributed by atoms with Crippen LogP contribution in [0.2, 0.25) is 0 Å². The second-order valence-corrected chi connectivity index (χ2v) is 5.57. The standard InChI is InChI=1S/C17H21NO3/c1-20-15-6-5-14(11-16(15)21-2)17(19)18-9-7-13(8-10-18)12-3-4-12/h5-6,11H,3-4,7-10H2,1-2H3. The van der Waals surface area contributed by atoms with Crippen LogP contribution < -0.4 is 9.47 Å². The van der Waals surface area contributed by atoms with Crippen molar-refractivity contribution in [3.05, 3.63) is 34.9 Å². The Morgan fingerprint density at radius 3 is 2.14 bits per heavy atom. The maximum atomic E-state index is 12.6. The smallest absolute Gasteiger partial charge is 0.254 e. The Morgan fingerprint density at radius 1 is 0.952 bits per heavy atom. The Kier molecular flexibility index (Phi) is 3.86. The van der Waals surface area contributed by atoms with Crippen LogP contribution in [-0.4, -0.2) is 38.1 Å². The van der Waals surface area contributed by atoms with E-state index in [4.69, 9.17) is 9.47 Å². The molecule has 1 aromatic rings. The highest BCUT2D eigenvalue weighted by atomic mass is 16.5. The molecule has 4 heteroatoms. The molecule has 0 spiro atoms. The minimum atomic E-state index is 0.0794. The molecule has 1 aliphatic carbocycles. The normalized spacial score (nSPS) is 17.7.